The molecule has 2 fully saturated rings. The molecule has 1 saturated heterocycles. The van der Waals surface area contributed by atoms with Gasteiger partial charge in [0.1, 0.15) is 5.76 Å². The molecule has 1 amide bonds. The summed E-state index contributed by atoms with van der Waals surface area (Å²) in [5, 5.41) is 3.89. The summed E-state index contributed by atoms with van der Waals surface area (Å²) in [7, 11) is -3.53. The third kappa shape index (κ3) is 3.66. The third-order valence-corrected chi connectivity index (χ3v) is 6.42. The number of carbonyl (C=O) groups excluding carboxylic acids is 1. The maximum atomic E-state index is 12.5. The minimum atomic E-state index is -3.53. The van der Waals surface area contributed by atoms with Gasteiger partial charge in [0.2, 0.25) is 10.0 Å². The van der Waals surface area contributed by atoms with Crippen molar-refractivity contribution < 1.29 is 17.7 Å². The number of rotatable bonds is 5. The summed E-state index contributed by atoms with van der Waals surface area (Å²) in [5.41, 5.74) is 0.343. The fourth-order valence-electron chi connectivity index (χ4n) is 3.20. The van der Waals surface area contributed by atoms with Crippen molar-refractivity contribution in [2.24, 2.45) is 0 Å². The molecule has 26 heavy (non-hydrogen) atoms. The number of carbonyl (C=O) groups is 1. The first-order valence-corrected chi connectivity index (χ1v) is 10.3. The quantitative estimate of drug-likeness (QED) is 0.864. The summed E-state index contributed by atoms with van der Waals surface area (Å²) >= 11 is 0. The monoisotopic (exact) mass is 375 g/mol. The number of amides is 1. The first-order chi connectivity index (χ1) is 12.5. The van der Waals surface area contributed by atoms with E-state index in [1.165, 1.54) is 0 Å². The maximum absolute atomic E-state index is 12.5. The number of sulfonamides is 1. The normalized spacial score (nSPS) is 18.8. The second kappa shape index (κ2) is 6.85. The van der Waals surface area contributed by atoms with Crippen LogP contribution in [0, 0.1) is 0 Å². The predicted octanol–water partition coefficient (Wildman–Crippen LogP) is 2.14. The van der Waals surface area contributed by atoms with Crippen molar-refractivity contribution in [3.8, 4) is 0 Å². The van der Waals surface area contributed by atoms with Crippen LogP contribution in [0.4, 0.5) is 0 Å². The molecule has 1 saturated carbocycles. The molecule has 0 bridgehead atoms. The van der Waals surface area contributed by atoms with Gasteiger partial charge in [0.05, 0.1) is 4.90 Å². The number of hydrogen-bond donors (Lipinski definition) is 1. The lowest BCUT2D eigenvalue weighted by molar-refractivity contribution is 0.0700. The molecule has 0 spiro atoms. The Hall–Kier alpha value is -2.19. The van der Waals surface area contributed by atoms with E-state index in [-0.39, 0.29) is 16.8 Å². The highest BCUT2D eigenvalue weighted by Gasteiger charge is 2.31. The van der Waals surface area contributed by atoms with Gasteiger partial charge in [0.25, 0.3) is 5.91 Å². The molecule has 2 aliphatic rings. The summed E-state index contributed by atoms with van der Waals surface area (Å²) in [6, 6.07) is 9.88. The summed E-state index contributed by atoms with van der Waals surface area (Å²) in [6.07, 6.45) is 3.34. The molecular weight excluding hydrogens is 354 g/mol. The van der Waals surface area contributed by atoms with Gasteiger partial charge in [-0.25, -0.2) is 13.1 Å². The van der Waals surface area contributed by atoms with Gasteiger partial charge >= 0.3 is 0 Å². The van der Waals surface area contributed by atoms with E-state index in [1.54, 1.807) is 41.3 Å². The van der Waals surface area contributed by atoms with Crippen LogP contribution in [0.15, 0.2) is 45.8 Å². The molecular formula is C18H21N3O4S. The minimum absolute atomic E-state index is 0.148. The zero-order chi connectivity index (χ0) is 18.1. The van der Waals surface area contributed by atoms with Crippen molar-refractivity contribution in [2.45, 2.75) is 42.5 Å². The highest BCUT2D eigenvalue weighted by atomic mass is 32.2. The van der Waals surface area contributed by atoms with Crippen LogP contribution in [-0.2, 0) is 10.0 Å². The Morgan fingerprint density at radius 1 is 1.12 bits per heavy atom. The molecule has 138 valence electrons. The summed E-state index contributed by atoms with van der Waals surface area (Å²) in [6.45, 7) is 0.985. The van der Waals surface area contributed by atoms with E-state index in [2.05, 4.69) is 9.88 Å². The lowest BCUT2D eigenvalue weighted by Gasteiger charge is -2.31. The topological polar surface area (TPSA) is 92.5 Å². The van der Waals surface area contributed by atoms with Gasteiger partial charge in [-0.1, -0.05) is 23.4 Å². The minimum Gasteiger partial charge on any atom is -0.360 e. The molecule has 0 unspecified atom stereocenters. The van der Waals surface area contributed by atoms with Crippen molar-refractivity contribution in [3.63, 3.8) is 0 Å². The number of aromatic nitrogens is 1. The number of likely N-dealkylation sites (tertiary alicyclic amines) is 1. The van der Waals surface area contributed by atoms with Crippen LogP contribution >= 0.6 is 0 Å². The highest BCUT2D eigenvalue weighted by Crippen LogP contribution is 2.40. The molecule has 1 aliphatic carbocycles. The SMILES string of the molecule is O=C(c1cc(C2CC2)on1)N1CCC(NS(=O)(=O)c2ccccc2)CC1. The Labute approximate surface area is 152 Å². The second-order valence-electron chi connectivity index (χ2n) is 6.89. The van der Waals surface area contributed by atoms with Gasteiger partial charge in [0.15, 0.2) is 5.69 Å². The predicted molar refractivity (Wildman–Crippen MR) is 94.2 cm³/mol. The first kappa shape index (κ1) is 17.2. The standard InChI is InChI=1S/C18H21N3O4S/c22-18(16-12-17(25-19-16)13-6-7-13)21-10-8-14(9-11-21)20-26(23,24)15-4-2-1-3-5-15/h1-5,12-14,20H,6-11H2. The van der Waals surface area contributed by atoms with E-state index >= 15 is 0 Å². The molecule has 1 aromatic heterocycles. The van der Waals surface area contributed by atoms with Crippen molar-refractivity contribution in [3.05, 3.63) is 47.9 Å². The largest absolute Gasteiger partial charge is 0.360 e. The molecule has 1 aliphatic heterocycles. The molecule has 7 nitrogen and oxygen atoms in total. The number of benzene rings is 1. The summed E-state index contributed by atoms with van der Waals surface area (Å²) in [5.74, 6) is 1.06. The van der Waals surface area contributed by atoms with Crippen molar-refractivity contribution in [1.82, 2.24) is 14.8 Å². The van der Waals surface area contributed by atoms with Crippen LogP contribution in [0.5, 0.6) is 0 Å². The van der Waals surface area contributed by atoms with E-state index in [1.807, 2.05) is 0 Å². The first-order valence-electron chi connectivity index (χ1n) is 8.86. The fraction of sp³-hybridized carbons (Fsp3) is 0.444. The molecule has 4 rings (SSSR count). The Balaban J connectivity index is 1.34. The number of hydrogen-bond acceptors (Lipinski definition) is 5. The van der Waals surface area contributed by atoms with Gasteiger partial charge in [0, 0.05) is 31.1 Å². The molecule has 2 heterocycles. The highest BCUT2D eigenvalue weighted by molar-refractivity contribution is 7.89. The number of piperidine rings is 1. The van der Waals surface area contributed by atoms with Gasteiger partial charge in [-0.05, 0) is 37.8 Å². The zero-order valence-electron chi connectivity index (χ0n) is 14.3. The average molecular weight is 375 g/mol. The van der Waals surface area contributed by atoms with Crippen LogP contribution in [0.25, 0.3) is 0 Å². The van der Waals surface area contributed by atoms with Gasteiger partial charge in [-0.2, -0.15) is 0 Å². The molecule has 0 radical (unpaired) electrons. The van der Waals surface area contributed by atoms with Crippen LogP contribution in [0.1, 0.15) is 47.8 Å². The van der Waals surface area contributed by atoms with Crippen LogP contribution in [0.2, 0.25) is 0 Å². The molecule has 1 N–H and O–H groups in total. The zero-order valence-corrected chi connectivity index (χ0v) is 15.1. The van der Waals surface area contributed by atoms with Gasteiger partial charge < -0.3 is 9.42 Å². The summed E-state index contributed by atoms with van der Waals surface area (Å²) < 4.78 is 32.8. The molecule has 1 aromatic carbocycles. The number of nitrogens with one attached hydrogen (secondary N) is 1. The molecule has 8 heteroatoms. The lowest BCUT2D eigenvalue weighted by Crippen LogP contribution is -2.46. The van der Waals surface area contributed by atoms with E-state index in [9.17, 15) is 13.2 Å². The van der Waals surface area contributed by atoms with Crippen molar-refractivity contribution in [1.29, 1.82) is 0 Å². The Morgan fingerprint density at radius 2 is 1.81 bits per heavy atom. The van der Waals surface area contributed by atoms with E-state index < -0.39 is 10.0 Å². The number of nitrogens with zero attached hydrogens (tertiary/aromatic N) is 2. The van der Waals surface area contributed by atoms with E-state index in [0.29, 0.717) is 37.5 Å². The average Bonchev–Trinajstić information content (AvgIpc) is 3.39. The van der Waals surface area contributed by atoms with Crippen molar-refractivity contribution in [2.75, 3.05) is 13.1 Å². The third-order valence-electron chi connectivity index (χ3n) is 4.88. The Morgan fingerprint density at radius 3 is 2.46 bits per heavy atom. The van der Waals surface area contributed by atoms with Crippen LogP contribution in [-0.4, -0.2) is 43.5 Å². The lowest BCUT2D eigenvalue weighted by atomic mass is 10.1. The van der Waals surface area contributed by atoms with Crippen LogP contribution in [0.3, 0.4) is 0 Å². The van der Waals surface area contributed by atoms with Crippen molar-refractivity contribution >= 4 is 15.9 Å². The maximum Gasteiger partial charge on any atom is 0.276 e. The molecule has 2 aromatic rings. The summed E-state index contributed by atoms with van der Waals surface area (Å²) in [4.78, 5) is 14.5. The fourth-order valence-corrected chi connectivity index (χ4v) is 4.53. The van der Waals surface area contributed by atoms with Gasteiger partial charge in [-0.3, -0.25) is 4.79 Å². The molecule has 0 atom stereocenters. The van der Waals surface area contributed by atoms with Crippen LogP contribution < -0.4 is 4.72 Å². The smallest absolute Gasteiger partial charge is 0.276 e. The van der Waals surface area contributed by atoms with Gasteiger partial charge in [-0.15, -0.1) is 0 Å². The van der Waals surface area contributed by atoms with E-state index in [0.717, 1.165) is 18.6 Å². The Bertz CT molecular complexity index is 882. The second-order valence-corrected chi connectivity index (χ2v) is 8.60. The Kier molecular flexibility index (Phi) is 4.54. The van der Waals surface area contributed by atoms with E-state index in [4.69, 9.17) is 4.52 Å².